The molecule has 9 rings (SSSR count). The maximum Gasteiger partial charge on any atom is 0.262 e. The summed E-state index contributed by atoms with van der Waals surface area (Å²) in [7, 11) is 0. The highest BCUT2D eigenvalue weighted by Crippen LogP contribution is 2.46. The van der Waals surface area contributed by atoms with Crippen molar-refractivity contribution < 1.29 is 23.6 Å². The molecule has 57 heavy (non-hydrogen) atoms. The maximum absolute atomic E-state index is 15.4. The number of piperazine rings is 1. The first-order valence-corrected chi connectivity index (χ1v) is 20.1. The normalized spacial score (nSPS) is 24.2. The highest BCUT2D eigenvalue weighted by atomic mass is 35.5. The van der Waals surface area contributed by atoms with E-state index in [2.05, 4.69) is 36.7 Å². The van der Waals surface area contributed by atoms with Crippen LogP contribution in [0.3, 0.4) is 0 Å². The average molecular weight is 795 g/mol. The molecule has 2 atom stereocenters. The van der Waals surface area contributed by atoms with Crippen molar-refractivity contribution in [3.63, 3.8) is 0 Å². The molecule has 4 amide bonds. The van der Waals surface area contributed by atoms with Gasteiger partial charge < -0.3 is 14.7 Å². The number of nitrogens with one attached hydrogen (secondary N) is 1. The summed E-state index contributed by atoms with van der Waals surface area (Å²) in [6.45, 7) is 17.9. The molecule has 1 unspecified atom stereocenters. The molecule has 6 aliphatic rings. The number of rotatable bonds is 7. The van der Waals surface area contributed by atoms with Gasteiger partial charge in [0.1, 0.15) is 11.9 Å². The SMILES string of the molecule is [C-]#[N+]c1ccc(N2CC3(CCN(c4ncc(CN5CCN(C6CN(c7cc8c(cc7F)C(=O)N(C7CCC(=O)NC7=O)C8=O)C6)CC5)cn4)CC3)C[C@@H]2C)cc1Cl. The summed E-state index contributed by atoms with van der Waals surface area (Å²) < 4.78 is 15.4. The predicted molar refractivity (Wildman–Crippen MR) is 211 cm³/mol. The number of imide groups is 2. The van der Waals surface area contributed by atoms with Crippen LogP contribution in [0.1, 0.15) is 65.3 Å². The molecule has 1 spiro atoms. The van der Waals surface area contributed by atoms with Crippen molar-refractivity contribution in [1.82, 2.24) is 30.0 Å². The molecule has 7 heterocycles. The molecule has 3 aromatic rings. The summed E-state index contributed by atoms with van der Waals surface area (Å²) in [6, 6.07) is 7.85. The molecule has 0 radical (unpaired) electrons. The van der Waals surface area contributed by atoms with Gasteiger partial charge in [0.05, 0.1) is 23.4 Å². The fourth-order valence-electron chi connectivity index (χ4n) is 9.71. The molecule has 5 saturated heterocycles. The van der Waals surface area contributed by atoms with Crippen LogP contribution in [0.4, 0.5) is 27.4 Å². The molecule has 6 aliphatic heterocycles. The van der Waals surface area contributed by atoms with Crippen LogP contribution in [0.25, 0.3) is 4.85 Å². The van der Waals surface area contributed by atoms with E-state index in [1.165, 1.54) is 6.07 Å². The van der Waals surface area contributed by atoms with E-state index in [1.54, 1.807) is 0 Å². The fraction of sp³-hybridized carbons (Fsp3) is 0.488. The number of halogens is 2. The Morgan fingerprint density at radius 2 is 1.65 bits per heavy atom. The highest BCUT2D eigenvalue weighted by molar-refractivity contribution is 6.33. The third kappa shape index (κ3) is 6.87. The number of nitrogens with zero attached hydrogens (tertiary/aromatic N) is 9. The van der Waals surface area contributed by atoms with Gasteiger partial charge in [-0.3, -0.25) is 39.2 Å². The Morgan fingerprint density at radius 3 is 2.32 bits per heavy atom. The standard InChI is InChI=1S/C41H44ClFN10O4/c1-25-18-41(24-52(25)27-3-4-33(44-2)31(42)15-27)7-9-50(10-8-41)40-45-19-26(20-46-40)21-48-11-13-49(14-12-48)28-22-51(23-28)35-17-30-29(16-32(35)43)38(56)53(39(30)57)34-5-6-36(54)47-37(34)55/h3-4,15-17,19-20,25,28,34H,5-14,18,21-24H2,1H3,(H,47,54,55)/t25-,34?/m0/s1. The Balaban J connectivity index is 0.735. The van der Waals surface area contributed by atoms with E-state index >= 15 is 4.39 Å². The van der Waals surface area contributed by atoms with Crippen molar-refractivity contribution >= 4 is 58.2 Å². The number of aromatic nitrogens is 2. The number of fused-ring (bicyclic) bond motifs is 1. The van der Waals surface area contributed by atoms with Crippen LogP contribution < -0.4 is 20.0 Å². The lowest BCUT2D eigenvalue weighted by Gasteiger charge is -2.49. The van der Waals surface area contributed by atoms with Gasteiger partial charge in [-0.25, -0.2) is 19.2 Å². The Morgan fingerprint density at radius 1 is 0.947 bits per heavy atom. The van der Waals surface area contributed by atoms with E-state index in [-0.39, 0.29) is 41.1 Å². The van der Waals surface area contributed by atoms with Crippen LogP contribution >= 0.6 is 11.6 Å². The number of hydrogen-bond donors (Lipinski definition) is 1. The fourth-order valence-corrected chi connectivity index (χ4v) is 9.93. The number of amides is 4. The lowest BCUT2D eigenvalue weighted by atomic mass is 9.77. The molecular weight excluding hydrogens is 751 g/mol. The molecule has 16 heteroatoms. The van der Waals surface area contributed by atoms with E-state index in [0.717, 1.165) is 99.8 Å². The molecule has 5 fully saturated rings. The van der Waals surface area contributed by atoms with E-state index in [9.17, 15) is 19.2 Å². The van der Waals surface area contributed by atoms with E-state index < -0.39 is 35.5 Å². The predicted octanol–water partition coefficient (Wildman–Crippen LogP) is 4.11. The van der Waals surface area contributed by atoms with Gasteiger partial charge in [0.2, 0.25) is 23.5 Å². The Bertz CT molecular complexity index is 2180. The quantitative estimate of drug-likeness (QED) is 0.274. The molecule has 0 bridgehead atoms. The lowest BCUT2D eigenvalue weighted by molar-refractivity contribution is -0.136. The average Bonchev–Trinajstić information content (AvgIpc) is 3.63. The van der Waals surface area contributed by atoms with Crippen molar-refractivity contribution in [2.24, 2.45) is 5.41 Å². The summed E-state index contributed by atoms with van der Waals surface area (Å²) in [6.07, 6.45) is 7.25. The van der Waals surface area contributed by atoms with Crippen LogP contribution in [0.15, 0.2) is 42.7 Å². The van der Waals surface area contributed by atoms with Gasteiger partial charge >= 0.3 is 0 Å². The summed E-state index contributed by atoms with van der Waals surface area (Å²) in [5, 5.41) is 2.69. The zero-order valence-electron chi connectivity index (χ0n) is 31.8. The highest BCUT2D eigenvalue weighted by Gasteiger charge is 2.47. The minimum atomic E-state index is -1.09. The number of benzene rings is 2. The van der Waals surface area contributed by atoms with Crippen molar-refractivity contribution in [3.05, 3.63) is 81.7 Å². The van der Waals surface area contributed by atoms with Crippen molar-refractivity contribution in [3.8, 4) is 0 Å². The molecule has 296 valence electrons. The molecule has 1 N–H and O–H groups in total. The Hall–Kier alpha value is -5.17. The van der Waals surface area contributed by atoms with Gasteiger partial charge in [-0.2, -0.15) is 0 Å². The molecule has 1 aromatic heterocycles. The van der Waals surface area contributed by atoms with E-state index in [1.807, 2.05) is 35.5 Å². The summed E-state index contributed by atoms with van der Waals surface area (Å²) >= 11 is 6.37. The second-order valence-corrected chi connectivity index (χ2v) is 16.9. The number of carbonyl (C=O) groups is 4. The van der Waals surface area contributed by atoms with Crippen LogP contribution in [-0.4, -0.2) is 125 Å². The summed E-state index contributed by atoms with van der Waals surface area (Å²) in [5.41, 5.74) is 3.19. The van der Waals surface area contributed by atoms with Crippen LogP contribution in [-0.2, 0) is 16.1 Å². The Kier molecular flexibility index (Phi) is 9.61. The van der Waals surface area contributed by atoms with Crippen LogP contribution in [0.5, 0.6) is 0 Å². The maximum atomic E-state index is 15.4. The van der Waals surface area contributed by atoms with Gasteiger partial charge in [0.25, 0.3) is 11.8 Å². The van der Waals surface area contributed by atoms with Gasteiger partial charge in [-0.1, -0.05) is 17.7 Å². The van der Waals surface area contributed by atoms with Crippen LogP contribution in [0.2, 0.25) is 5.02 Å². The second kappa shape index (κ2) is 14.6. The van der Waals surface area contributed by atoms with Crippen molar-refractivity contribution in [1.29, 1.82) is 0 Å². The summed E-state index contributed by atoms with van der Waals surface area (Å²) in [5.74, 6) is -2.29. The lowest BCUT2D eigenvalue weighted by Crippen LogP contribution is -2.63. The number of piperidine rings is 2. The molecular formula is C41H44ClFN10O4. The molecule has 2 aromatic carbocycles. The van der Waals surface area contributed by atoms with E-state index in [0.29, 0.717) is 29.8 Å². The largest absolute Gasteiger partial charge is 0.368 e. The second-order valence-electron chi connectivity index (χ2n) is 16.5. The first kappa shape index (κ1) is 37.4. The third-order valence-electron chi connectivity index (χ3n) is 13.0. The number of carbonyl (C=O) groups excluding carboxylic acids is 4. The molecule has 0 aliphatic carbocycles. The number of hydrogen-bond acceptors (Lipinski definition) is 11. The first-order valence-electron chi connectivity index (χ1n) is 19.8. The topological polar surface area (TPSA) is 130 Å². The van der Waals surface area contributed by atoms with Gasteiger partial charge in [-0.15, -0.1) is 0 Å². The van der Waals surface area contributed by atoms with Gasteiger partial charge in [0, 0.05) is 113 Å². The Labute approximate surface area is 335 Å². The van der Waals surface area contributed by atoms with Crippen molar-refractivity contribution in [2.45, 2.75) is 63.7 Å². The van der Waals surface area contributed by atoms with Crippen LogP contribution in [0, 0.1) is 17.8 Å². The third-order valence-corrected chi connectivity index (χ3v) is 13.3. The molecule has 0 saturated carbocycles. The van der Waals surface area contributed by atoms with E-state index in [4.69, 9.17) is 28.1 Å². The van der Waals surface area contributed by atoms with Crippen molar-refractivity contribution in [2.75, 3.05) is 73.6 Å². The van der Waals surface area contributed by atoms with Gasteiger partial charge in [0.15, 0.2) is 0 Å². The molecule has 14 nitrogen and oxygen atoms in total. The van der Waals surface area contributed by atoms with Gasteiger partial charge in [-0.05, 0) is 62.3 Å². The minimum absolute atomic E-state index is 0.0238. The summed E-state index contributed by atoms with van der Waals surface area (Å²) in [4.78, 5) is 75.7. The minimum Gasteiger partial charge on any atom is -0.368 e. The zero-order valence-corrected chi connectivity index (χ0v) is 32.5. The zero-order chi connectivity index (χ0) is 39.6. The number of anilines is 3. The monoisotopic (exact) mass is 794 g/mol. The smallest absolute Gasteiger partial charge is 0.262 e. The first-order chi connectivity index (χ1) is 27.5.